The van der Waals surface area contributed by atoms with Crippen LogP contribution in [0.3, 0.4) is 0 Å². The van der Waals surface area contributed by atoms with Crippen molar-refractivity contribution in [3.63, 3.8) is 0 Å². The highest BCUT2D eigenvalue weighted by molar-refractivity contribution is 6.05. The van der Waals surface area contributed by atoms with Gasteiger partial charge >= 0.3 is 6.03 Å². The number of benzene rings is 2. The molecule has 1 aliphatic rings. The molecule has 0 aliphatic carbocycles. The number of amides is 3. The first-order chi connectivity index (χ1) is 15.5. The first-order valence-corrected chi connectivity index (χ1v) is 10.3. The minimum absolute atomic E-state index is 0.132. The summed E-state index contributed by atoms with van der Waals surface area (Å²) < 4.78 is 5.22. The van der Waals surface area contributed by atoms with Crippen molar-refractivity contribution in [3.8, 4) is 11.1 Å². The summed E-state index contributed by atoms with van der Waals surface area (Å²) in [5, 5.41) is 7.89. The average Bonchev–Trinajstić information content (AvgIpc) is 2.76. The van der Waals surface area contributed by atoms with Crippen LogP contribution in [0.15, 0.2) is 59.5 Å². The lowest BCUT2D eigenvalue weighted by atomic mass is 9.96. The normalized spacial score (nSPS) is 13.2. The van der Waals surface area contributed by atoms with Crippen molar-refractivity contribution in [1.29, 1.82) is 0 Å². The van der Waals surface area contributed by atoms with Gasteiger partial charge in [-0.2, -0.15) is 0 Å². The molecule has 1 fully saturated rings. The van der Waals surface area contributed by atoms with Crippen LogP contribution in [0, 0.1) is 6.92 Å². The maximum Gasteiger partial charge on any atom is 0.319 e. The van der Waals surface area contributed by atoms with Gasteiger partial charge in [0.2, 0.25) is 0 Å². The number of ether oxygens (including phenoxy) is 1. The second-order valence-corrected chi connectivity index (χ2v) is 7.62. The molecule has 32 heavy (non-hydrogen) atoms. The number of anilines is 2. The van der Waals surface area contributed by atoms with Crippen molar-refractivity contribution in [2.45, 2.75) is 12.8 Å². The van der Waals surface area contributed by atoms with Crippen LogP contribution in [0.1, 0.15) is 27.4 Å². The van der Waals surface area contributed by atoms with Gasteiger partial charge in [0, 0.05) is 36.0 Å². The van der Waals surface area contributed by atoms with Crippen LogP contribution in [-0.2, 0) is 4.74 Å². The lowest BCUT2D eigenvalue weighted by Gasteiger charge is -2.26. The van der Waals surface area contributed by atoms with E-state index in [2.05, 4.69) is 20.9 Å². The molecule has 1 aliphatic heterocycles. The second-order valence-electron chi connectivity index (χ2n) is 7.62. The molecule has 1 saturated heterocycles. The van der Waals surface area contributed by atoms with Gasteiger partial charge in [0.25, 0.3) is 11.5 Å². The van der Waals surface area contributed by atoms with Gasteiger partial charge in [0.1, 0.15) is 5.69 Å². The summed E-state index contributed by atoms with van der Waals surface area (Å²) in [4.78, 5) is 39.1. The van der Waals surface area contributed by atoms with Crippen LogP contribution in [0.4, 0.5) is 16.2 Å². The molecular weight excluding hydrogens is 408 g/mol. The fourth-order valence-corrected chi connectivity index (χ4v) is 3.53. The molecular formula is C24H24N4O4. The van der Waals surface area contributed by atoms with E-state index in [0.29, 0.717) is 22.7 Å². The zero-order valence-corrected chi connectivity index (χ0v) is 17.8. The summed E-state index contributed by atoms with van der Waals surface area (Å²) in [5.41, 5.74) is 4.49. The minimum Gasteiger partial charge on any atom is -0.380 e. The molecule has 2 aromatic carbocycles. The quantitative estimate of drug-likeness (QED) is 0.495. The van der Waals surface area contributed by atoms with Gasteiger partial charge in [-0.05, 0) is 47.9 Å². The molecule has 1 aromatic heterocycles. The Morgan fingerprint density at radius 2 is 1.78 bits per heavy atom. The highest BCUT2D eigenvalue weighted by Gasteiger charge is 2.20. The third-order valence-corrected chi connectivity index (χ3v) is 5.55. The molecule has 4 N–H and O–H groups in total. The Morgan fingerprint density at radius 3 is 2.44 bits per heavy atom. The van der Waals surface area contributed by atoms with Crippen LogP contribution in [0.25, 0.3) is 11.1 Å². The summed E-state index contributed by atoms with van der Waals surface area (Å²) >= 11 is 0. The molecule has 2 heterocycles. The summed E-state index contributed by atoms with van der Waals surface area (Å²) in [5.74, 6) is 0.205. The fourth-order valence-electron chi connectivity index (χ4n) is 3.53. The van der Waals surface area contributed by atoms with Crippen molar-refractivity contribution in [3.05, 3.63) is 81.8 Å². The summed E-state index contributed by atoms with van der Waals surface area (Å²) in [6.07, 6.45) is 1.58. The van der Waals surface area contributed by atoms with E-state index >= 15 is 0 Å². The molecule has 0 unspecified atom stereocenters. The largest absolute Gasteiger partial charge is 0.380 e. The van der Waals surface area contributed by atoms with Crippen molar-refractivity contribution in [2.24, 2.45) is 0 Å². The number of H-pyrrole nitrogens is 1. The van der Waals surface area contributed by atoms with E-state index in [4.69, 9.17) is 4.74 Å². The van der Waals surface area contributed by atoms with E-state index in [0.717, 1.165) is 24.3 Å². The SMILES string of the molecule is CNC(=O)Nc1cc(-c2cccc(NC(=O)c3ccc(C4COC4)cc3)c2C)c[nH]c1=O. The number of urea groups is 1. The third kappa shape index (κ3) is 4.40. The Balaban J connectivity index is 1.56. The number of hydrogen-bond acceptors (Lipinski definition) is 4. The predicted octanol–water partition coefficient (Wildman–Crippen LogP) is 3.47. The van der Waals surface area contributed by atoms with Gasteiger partial charge < -0.3 is 25.7 Å². The molecule has 0 saturated carbocycles. The lowest BCUT2D eigenvalue weighted by Crippen LogP contribution is -2.27. The fraction of sp³-hybridized carbons (Fsp3) is 0.208. The van der Waals surface area contributed by atoms with Gasteiger partial charge in [-0.15, -0.1) is 0 Å². The molecule has 164 valence electrons. The molecule has 0 spiro atoms. The number of pyridine rings is 1. The van der Waals surface area contributed by atoms with Gasteiger partial charge in [-0.1, -0.05) is 24.3 Å². The van der Waals surface area contributed by atoms with Crippen LogP contribution in [-0.4, -0.2) is 37.2 Å². The number of nitrogens with one attached hydrogen (secondary N) is 4. The molecule has 3 aromatic rings. The van der Waals surface area contributed by atoms with Gasteiger partial charge in [0.15, 0.2) is 0 Å². The molecule has 3 amide bonds. The number of rotatable bonds is 5. The van der Waals surface area contributed by atoms with E-state index < -0.39 is 11.6 Å². The molecule has 0 bridgehead atoms. The average molecular weight is 432 g/mol. The lowest BCUT2D eigenvalue weighted by molar-refractivity contribution is 0.00842. The Kier molecular flexibility index (Phi) is 6.04. The molecule has 0 radical (unpaired) electrons. The number of hydrogen-bond donors (Lipinski definition) is 4. The van der Waals surface area contributed by atoms with E-state index in [9.17, 15) is 14.4 Å². The van der Waals surface area contributed by atoms with Gasteiger partial charge in [-0.25, -0.2) is 4.79 Å². The Labute approximate surface area is 185 Å². The number of aromatic nitrogens is 1. The molecule has 0 atom stereocenters. The maximum atomic E-state index is 12.8. The first kappa shape index (κ1) is 21.3. The minimum atomic E-state index is -0.485. The number of aromatic amines is 1. The number of carbonyl (C=O) groups is 2. The summed E-state index contributed by atoms with van der Waals surface area (Å²) in [6, 6.07) is 14.2. The zero-order chi connectivity index (χ0) is 22.7. The Bertz CT molecular complexity index is 1210. The van der Waals surface area contributed by atoms with E-state index in [1.165, 1.54) is 12.6 Å². The highest BCUT2D eigenvalue weighted by atomic mass is 16.5. The highest BCUT2D eigenvalue weighted by Crippen LogP contribution is 2.29. The van der Waals surface area contributed by atoms with E-state index in [1.807, 2.05) is 49.4 Å². The third-order valence-electron chi connectivity index (χ3n) is 5.55. The van der Waals surface area contributed by atoms with Crippen LogP contribution in [0.5, 0.6) is 0 Å². The van der Waals surface area contributed by atoms with Crippen molar-refractivity contribution in [1.82, 2.24) is 10.3 Å². The van der Waals surface area contributed by atoms with Gasteiger partial charge in [0.05, 0.1) is 13.2 Å². The smallest absolute Gasteiger partial charge is 0.319 e. The van der Waals surface area contributed by atoms with Crippen molar-refractivity contribution in [2.75, 3.05) is 30.9 Å². The van der Waals surface area contributed by atoms with Crippen LogP contribution in [0.2, 0.25) is 0 Å². The van der Waals surface area contributed by atoms with Gasteiger partial charge in [-0.3, -0.25) is 9.59 Å². The van der Waals surface area contributed by atoms with E-state index in [-0.39, 0.29) is 11.6 Å². The molecule has 8 heteroatoms. The standard InChI is InChI=1S/C24H24N4O4/c1-14-19(17-10-21(23(30)26-11-17)28-24(31)25-2)4-3-5-20(14)27-22(29)16-8-6-15(7-9-16)18-12-32-13-18/h3-11,18H,12-13H2,1-2H3,(H,26,30)(H,27,29)(H2,25,28,31). The predicted molar refractivity (Wildman–Crippen MR) is 123 cm³/mol. The first-order valence-electron chi connectivity index (χ1n) is 10.3. The van der Waals surface area contributed by atoms with Crippen molar-refractivity contribution < 1.29 is 14.3 Å². The van der Waals surface area contributed by atoms with Crippen LogP contribution < -0.4 is 21.5 Å². The summed E-state index contributed by atoms with van der Waals surface area (Å²) in [6.45, 7) is 3.34. The maximum absolute atomic E-state index is 12.8. The topological polar surface area (TPSA) is 112 Å². The second kappa shape index (κ2) is 9.07. The van der Waals surface area contributed by atoms with E-state index in [1.54, 1.807) is 12.3 Å². The monoisotopic (exact) mass is 432 g/mol. The number of carbonyl (C=O) groups excluding carboxylic acids is 2. The molecule has 4 rings (SSSR count). The van der Waals surface area contributed by atoms with Crippen molar-refractivity contribution >= 4 is 23.3 Å². The Morgan fingerprint density at radius 1 is 1.03 bits per heavy atom. The molecule has 8 nitrogen and oxygen atoms in total. The Hall–Kier alpha value is -3.91. The summed E-state index contributed by atoms with van der Waals surface area (Å²) in [7, 11) is 1.47. The van der Waals surface area contributed by atoms with Crippen LogP contribution >= 0.6 is 0 Å². The zero-order valence-electron chi connectivity index (χ0n) is 17.8.